The number of hydrogen-bond acceptors (Lipinski definition) is 3. The molecular formula is C19H22Br2N2O. The summed E-state index contributed by atoms with van der Waals surface area (Å²) in [7, 11) is 4.12. The van der Waals surface area contributed by atoms with Crippen LogP contribution in [-0.4, -0.2) is 38.7 Å². The van der Waals surface area contributed by atoms with Gasteiger partial charge in [0.05, 0.1) is 6.04 Å². The van der Waals surface area contributed by atoms with Crippen molar-refractivity contribution in [3.63, 3.8) is 0 Å². The first-order chi connectivity index (χ1) is 11.5. The van der Waals surface area contributed by atoms with E-state index in [1.54, 1.807) is 0 Å². The summed E-state index contributed by atoms with van der Waals surface area (Å²) in [6.07, 6.45) is 1.03. The number of benzene rings is 2. The normalized spacial score (nSPS) is 17.0. The Bertz CT molecular complexity index is 719. The SMILES string of the molecule is CN(C)CCOc1ccc2c(c1)CCNC2c1cc(Br)ccc1Br. The van der Waals surface area contributed by atoms with Gasteiger partial charge in [-0.05, 0) is 67.5 Å². The van der Waals surface area contributed by atoms with E-state index in [-0.39, 0.29) is 6.04 Å². The summed E-state index contributed by atoms with van der Waals surface area (Å²) in [5, 5.41) is 3.64. The summed E-state index contributed by atoms with van der Waals surface area (Å²) in [5.74, 6) is 0.963. The number of likely N-dealkylation sites (N-methyl/N-ethyl adjacent to an activating group) is 1. The van der Waals surface area contributed by atoms with Crippen molar-refractivity contribution in [3.8, 4) is 5.75 Å². The van der Waals surface area contributed by atoms with Crippen LogP contribution in [0.15, 0.2) is 45.3 Å². The Hall–Kier alpha value is -0.880. The number of ether oxygens (including phenoxy) is 1. The van der Waals surface area contributed by atoms with Gasteiger partial charge in [-0.1, -0.05) is 37.9 Å². The maximum absolute atomic E-state index is 5.89. The van der Waals surface area contributed by atoms with E-state index in [9.17, 15) is 0 Å². The Morgan fingerprint density at radius 3 is 2.75 bits per heavy atom. The molecule has 1 atom stereocenters. The molecule has 0 aliphatic carbocycles. The van der Waals surface area contributed by atoms with Gasteiger partial charge in [0.1, 0.15) is 12.4 Å². The fourth-order valence-corrected chi connectivity index (χ4v) is 3.84. The average Bonchev–Trinajstić information content (AvgIpc) is 2.56. The maximum atomic E-state index is 5.89. The maximum Gasteiger partial charge on any atom is 0.119 e. The van der Waals surface area contributed by atoms with Gasteiger partial charge in [0.15, 0.2) is 0 Å². The Balaban J connectivity index is 1.84. The van der Waals surface area contributed by atoms with Crippen molar-refractivity contribution in [2.24, 2.45) is 0 Å². The molecule has 2 aromatic rings. The van der Waals surface area contributed by atoms with Crippen LogP contribution in [-0.2, 0) is 6.42 Å². The van der Waals surface area contributed by atoms with Crippen LogP contribution in [0.4, 0.5) is 0 Å². The predicted octanol–water partition coefficient (Wildman–Crippen LogP) is 4.39. The molecule has 2 aromatic carbocycles. The second kappa shape index (κ2) is 8.00. The zero-order valence-corrected chi connectivity index (χ0v) is 17.2. The van der Waals surface area contributed by atoms with Gasteiger partial charge in [-0.2, -0.15) is 0 Å². The van der Waals surface area contributed by atoms with Crippen LogP contribution in [0.3, 0.4) is 0 Å². The highest BCUT2D eigenvalue weighted by molar-refractivity contribution is 9.11. The van der Waals surface area contributed by atoms with Crippen LogP contribution in [0.25, 0.3) is 0 Å². The summed E-state index contributed by atoms with van der Waals surface area (Å²) < 4.78 is 8.11. The molecule has 128 valence electrons. The Morgan fingerprint density at radius 2 is 1.96 bits per heavy atom. The summed E-state index contributed by atoms with van der Waals surface area (Å²) in [6, 6.07) is 13.0. The van der Waals surface area contributed by atoms with Crippen LogP contribution in [0, 0.1) is 0 Å². The number of fused-ring (bicyclic) bond motifs is 1. The van der Waals surface area contributed by atoms with Crippen molar-refractivity contribution in [2.45, 2.75) is 12.5 Å². The molecule has 1 heterocycles. The molecule has 0 bridgehead atoms. The second-order valence-electron chi connectivity index (χ2n) is 6.32. The zero-order valence-electron chi connectivity index (χ0n) is 14.0. The molecule has 1 unspecified atom stereocenters. The van der Waals surface area contributed by atoms with Gasteiger partial charge in [0, 0.05) is 22.0 Å². The van der Waals surface area contributed by atoms with E-state index in [2.05, 4.69) is 92.6 Å². The number of halogens is 2. The molecule has 1 aliphatic heterocycles. The van der Waals surface area contributed by atoms with Gasteiger partial charge < -0.3 is 15.0 Å². The monoisotopic (exact) mass is 452 g/mol. The fourth-order valence-electron chi connectivity index (χ4n) is 2.99. The van der Waals surface area contributed by atoms with Crippen LogP contribution < -0.4 is 10.1 Å². The number of hydrogen-bond donors (Lipinski definition) is 1. The molecule has 0 radical (unpaired) electrons. The largest absolute Gasteiger partial charge is 0.492 e. The molecule has 1 aliphatic rings. The summed E-state index contributed by atoms with van der Waals surface area (Å²) in [4.78, 5) is 2.13. The van der Waals surface area contributed by atoms with E-state index < -0.39 is 0 Å². The minimum Gasteiger partial charge on any atom is -0.492 e. The average molecular weight is 454 g/mol. The van der Waals surface area contributed by atoms with E-state index in [0.717, 1.165) is 34.2 Å². The molecule has 0 saturated heterocycles. The first kappa shape index (κ1) is 17.9. The minimum absolute atomic E-state index is 0.205. The second-order valence-corrected chi connectivity index (χ2v) is 8.09. The molecule has 0 fully saturated rings. The third-order valence-corrected chi connectivity index (χ3v) is 5.46. The standard InChI is InChI=1S/C19H22Br2N2O/c1-23(2)9-10-24-15-4-5-16-13(11-15)7-8-22-19(16)17-12-14(20)3-6-18(17)21/h3-6,11-12,19,22H,7-10H2,1-2H3. The Labute approximate surface area is 160 Å². The predicted molar refractivity (Wildman–Crippen MR) is 106 cm³/mol. The molecule has 0 aromatic heterocycles. The van der Waals surface area contributed by atoms with Crippen LogP contribution in [0.2, 0.25) is 0 Å². The third kappa shape index (κ3) is 4.20. The lowest BCUT2D eigenvalue weighted by Gasteiger charge is -2.28. The molecule has 3 nitrogen and oxygen atoms in total. The molecule has 0 spiro atoms. The highest BCUT2D eigenvalue weighted by atomic mass is 79.9. The Morgan fingerprint density at radius 1 is 1.12 bits per heavy atom. The zero-order chi connectivity index (χ0) is 17.1. The first-order valence-electron chi connectivity index (χ1n) is 8.13. The van der Waals surface area contributed by atoms with E-state index in [1.807, 2.05) is 0 Å². The molecule has 5 heteroatoms. The van der Waals surface area contributed by atoms with Crippen molar-refractivity contribution >= 4 is 31.9 Å². The summed E-state index contributed by atoms with van der Waals surface area (Å²) >= 11 is 7.27. The van der Waals surface area contributed by atoms with Crippen LogP contribution in [0.5, 0.6) is 5.75 Å². The van der Waals surface area contributed by atoms with E-state index in [0.29, 0.717) is 6.61 Å². The minimum atomic E-state index is 0.205. The van der Waals surface area contributed by atoms with Crippen LogP contribution in [0.1, 0.15) is 22.7 Å². The first-order valence-corrected chi connectivity index (χ1v) is 9.72. The lowest BCUT2D eigenvalue weighted by atomic mass is 9.90. The summed E-state index contributed by atoms with van der Waals surface area (Å²) in [5.41, 5.74) is 3.96. The number of nitrogens with zero attached hydrogens (tertiary/aromatic N) is 1. The van der Waals surface area contributed by atoms with Gasteiger partial charge in [0.25, 0.3) is 0 Å². The fraction of sp³-hybridized carbons (Fsp3) is 0.368. The lowest BCUT2D eigenvalue weighted by Crippen LogP contribution is -2.30. The van der Waals surface area contributed by atoms with E-state index in [4.69, 9.17) is 4.74 Å². The van der Waals surface area contributed by atoms with E-state index >= 15 is 0 Å². The quantitative estimate of drug-likeness (QED) is 0.726. The summed E-state index contributed by atoms with van der Waals surface area (Å²) in [6.45, 7) is 2.61. The molecule has 0 saturated carbocycles. The van der Waals surface area contributed by atoms with Crippen molar-refractivity contribution < 1.29 is 4.74 Å². The van der Waals surface area contributed by atoms with Gasteiger partial charge >= 0.3 is 0 Å². The van der Waals surface area contributed by atoms with Gasteiger partial charge in [-0.25, -0.2) is 0 Å². The highest BCUT2D eigenvalue weighted by Gasteiger charge is 2.23. The third-order valence-electron chi connectivity index (χ3n) is 4.24. The van der Waals surface area contributed by atoms with Gasteiger partial charge in [-0.15, -0.1) is 0 Å². The van der Waals surface area contributed by atoms with Gasteiger partial charge in [-0.3, -0.25) is 0 Å². The Kier molecular flexibility index (Phi) is 5.98. The van der Waals surface area contributed by atoms with Crippen molar-refractivity contribution in [2.75, 3.05) is 33.8 Å². The number of rotatable bonds is 5. The molecule has 24 heavy (non-hydrogen) atoms. The molecule has 0 amide bonds. The molecular weight excluding hydrogens is 432 g/mol. The highest BCUT2D eigenvalue weighted by Crippen LogP contribution is 2.35. The topological polar surface area (TPSA) is 24.5 Å². The molecule has 3 rings (SSSR count). The van der Waals surface area contributed by atoms with Gasteiger partial charge in [0.2, 0.25) is 0 Å². The lowest BCUT2D eigenvalue weighted by molar-refractivity contribution is 0.261. The van der Waals surface area contributed by atoms with Crippen molar-refractivity contribution in [1.82, 2.24) is 10.2 Å². The van der Waals surface area contributed by atoms with E-state index in [1.165, 1.54) is 16.7 Å². The molecule has 1 N–H and O–H groups in total. The smallest absolute Gasteiger partial charge is 0.119 e. The van der Waals surface area contributed by atoms with Crippen molar-refractivity contribution in [3.05, 3.63) is 62.0 Å². The van der Waals surface area contributed by atoms with Crippen molar-refractivity contribution in [1.29, 1.82) is 0 Å². The number of nitrogens with one attached hydrogen (secondary N) is 1. The van der Waals surface area contributed by atoms with Crippen LogP contribution >= 0.6 is 31.9 Å².